The van der Waals surface area contributed by atoms with Crippen molar-refractivity contribution in [2.75, 3.05) is 5.32 Å². The van der Waals surface area contributed by atoms with E-state index in [9.17, 15) is 0 Å². The van der Waals surface area contributed by atoms with Gasteiger partial charge >= 0.3 is 0 Å². The number of nitrogens with zero attached hydrogens (tertiary/aromatic N) is 1. The monoisotopic (exact) mass is 267 g/mol. The highest BCUT2D eigenvalue weighted by molar-refractivity contribution is 5.57. The third-order valence-corrected chi connectivity index (χ3v) is 3.78. The Bertz CT molecular complexity index is 586. The summed E-state index contributed by atoms with van der Waals surface area (Å²) in [4.78, 5) is 4.47. The van der Waals surface area contributed by atoms with E-state index < -0.39 is 0 Å². The van der Waals surface area contributed by atoms with E-state index in [0.717, 1.165) is 24.1 Å². The second-order valence-electron chi connectivity index (χ2n) is 5.63. The normalized spacial score (nSPS) is 14.3. The van der Waals surface area contributed by atoms with Crippen LogP contribution in [-0.2, 0) is 6.54 Å². The molecule has 3 rings (SSSR count). The zero-order valence-corrected chi connectivity index (χ0v) is 12.1. The Kier molecular flexibility index (Phi) is 3.70. The van der Waals surface area contributed by atoms with Crippen molar-refractivity contribution in [3.8, 4) is 0 Å². The fourth-order valence-electron chi connectivity index (χ4n) is 2.12. The highest BCUT2D eigenvalue weighted by Gasteiger charge is 2.19. The van der Waals surface area contributed by atoms with Crippen LogP contribution in [0.1, 0.15) is 29.5 Å². The van der Waals surface area contributed by atoms with Crippen LogP contribution in [0, 0.1) is 13.8 Å². The van der Waals surface area contributed by atoms with Gasteiger partial charge in [-0.1, -0.05) is 12.1 Å². The first-order chi connectivity index (χ1) is 9.70. The lowest BCUT2D eigenvalue weighted by molar-refractivity contribution is 0.686. The summed E-state index contributed by atoms with van der Waals surface area (Å²) < 4.78 is 0. The van der Waals surface area contributed by atoms with Gasteiger partial charge in [-0.05, 0) is 61.6 Å². The number of aryl methyl sites for hydroxylation is 2. The van der Waals surface area contributed by atoms with Gasteiger partial charge in [-0.2, -0.15) is 0 Å². The van der Waals surface area contributed by atoms with Crippen molar-refractivity contribution in [2.24, 2.45) is 0 Å². The quantitative estimate of drug-likeness (QED) is 0.867. The number of hydrogen-bond donors (Lipinski definition) is 2. The molecule has 1 aromatic carbocycles. The molecule has 0 spiro atoms. The molecule has 0 atom stereocenters. The van der Waals surface area contributed by atoms with Crippen LogP contribution in [0.5, 0.6) is 0 Å². The molecule has 2 N–H and O–H groups in total. The lowest BCUT2D eigenvalue weighted by atomic mass is 10.1. The van der Waals surface area contributed by atoms with Crippen molar-refractivity contribution < 1.29 is 0 Å². The first-order valence-corrected chi connectivity index (χ1v) is 7.23. The van der Waals surface area contributed by atoms with Gasteiger partial charge < -0.3 is 10.6 Å². The first-order valence-electron chi connectivity index (χ1n) is 7.23. The lowest BCUT2D eigenvalue weighted by Gasteiger charge is -2.09. The van der Waals surface area contributed by atoms with Crippen molar-refractivity contribution in [2.45, 2.75) is 39.3 Å². The van der Waals surface area contributed by atoms with Crippen LogP contribution in [0.2, 0.25) is 0 Å². The van der Waals surface area contributed by atoms with Crippen LogP contribution in [-0.4, -0.2) is 11.0 Å². The molecule has 104 valence electrons. The predicted octanol–water partition coefficient (Wildman–Crippen LogP) is 3.69. The third kappa shape index (κ3) is 3.36. The van der Waals surface area contributed by atoms with Gasteiger partial charge in [-0.15, -0.1) is 0 Å². The summed E-state index contributed by atoms with van der Waals surface area (Å²) in [6.45, 7) is 5.17. The lowest BCUT2D eigenvalue weighted by Crippen LogP contribution is -2.15. The highest BCUT2D eigenvalue weighted by Crippen LogP contribution is 2.20. The van der Waals surface area contributed by atoms with Gasteiger partial charge in [-0.3, -0.25) is 0 Å². The Morgan fingerprint density at radius 1 is 1.10 bits per heavy atom. The number of rotatable bonds is 5. The minimum absolute atomic E-state index is 0.739. The maximum Gasteiger partial charge on any atom is 0.130 e. The summed E-state index contributed by atoms with van der Waals surface area (Å²) in [6.07, 6.45) is 4.58. The first kappa shape index (κ1) is 13.1. The predicted molar refractivity (Wildman–Crippen MR) is 83.3 cm³/mol. The van der Waals surface area contributed by atoms with Gasteiger partial charge in [0.25, 0.3) is 0 Å². The van der Waals surface area contributed by atoms with Crippen molar-refractivity contribution in [3.63, 3.8) is 0 Å². The second-order valence-corrected chi connectivity index (χ2v) is 5.63. The van der Waals surface area contributed by atoms with Crippen molar-refractivity contribution in [1.29, 1.82) is 0 Å². The number of anilines is 2. The molecule has 1 saturated carbocycles. The number of nitrogens with one attached hydrogen (secondary N) is 2. The molecule has 0 bridgehead atoms. The summed E-state index contributed by atoms with van der Waals surface area (Å²) in [6, 6.07) is 11.3. The molecule has 3 nitrogen and oxygen atoms in total. The Hall–Kier alpha value is -1.87. The van der Waals surface area contributed by atoms with Gasteiger partial charge in [0, 0.05) is 24.5 Å². The van der Waals surface area contributed by atoms with Gasteiger partial charge in [0.15, 0.2) is 0 Å². The van der Waals surface area contributed by atoms with E-state index in [1.54, 1.807) is 0 Å². The summed E-state index contributed by atoms with van der Waals surface area (Å²) >= 11 is 0. The van der Waals surface area contributed by atoms with Crippen LogP contribution < -0.4 is 10.6 Å². The molecule has 0 unspecified atom stereocenters. The average Bonchev–Trinajstić information content (AvgIpc) is 3.26. The summed E-state index contributed by atoms with van der Waals surface area (Å²) in [5, 5.41) is 6.84. The molecule has 20 heavy (non-hydrogen) atoms. The molecule has 1 aliphatic rings. The maximum absolute atomic E-state index is 4.47. The van der Waals surface area contributed by atoms with E-state index in [-0.39, 0.29) is 0 Å². The van der Waals surface area contributed by atoms with Crippen LogP contribution >= 0.6 is 0 Å². The van der Waals surface area contributed by atoms with E-state index in [0.29, 0.717) is 0 Å². The molecule has 3 heteroatoms. The molecule has 2 aromatic rings. The number of aromatic nitrogens is 1. The van der Waals surface area contributed by atoms with Crippen LogP contribution in [0.25, 0.3) is 0 Å². The Morgan fingerprint density at radius 2 is 1.95 bits per heavy atom. The van der Waals surface area contributed by atoms with Gasteiger partial charge in [0.1, 0.15) is 5.82 Å². The SMILES string of the molecule is Cc1ccc(Nc2ccc(CNC3CC3)cn2)cc1C. The highest BCUT2D eigenvalue weighted by atomic mass is 15.0. The standard InChI is InChI=1S/C17H21N3/c1-12-3-5-16(9-13(12)2)20-17-8-4-14(11-19-17)10-18-15-6-7-15/h3-5,8-9,11,15,18H,6-7,10H2,1-2H3,(H,19,20). The Labute approximate surface area is 120 Å². The summed E-state index contributed by atoms with van der Waals surface area (Å²) in [5.74, 6) is 0.892. The number of hydrogen-bond acceptors (Lipinski definition) is 3. The fraction of sp³-hybridized carbons (Fsp3) is 0.353. The molecular formula is C17H21N3. The minimum Gasteiger partial charge on any atom is -0.340 e. The van der Waals surface area contributed by atoms with Crippen molar-refractivity contribution >= 4 is 11.5 Å². The average molecular weight is 267 g/mol. The summed E-state index contributed by atoms with van der Waals surface area (Å²) in [7, 11) is 0. The topological polar surface area (TPSA) is 37.0 Å². The van der Waals surface area contributed by atoms with Crippen LogP contribution in [0.4, 0.5) is 11.5 Å². The zero-order chi connectivity index (χ0) is 13.9. The smallest absolute Gasteiger partial charge is 0.130 e. The molecule has 0 aliphatic heterocycles. The molecule has 1 aliphatic carbocycles. The summed E-state index contributed by atoms with van der Waals surface area (Å²) in [5.41, 5.74) is 4.93. The molecule has 0 amide bonds. The van der Waals surface area contributed by atoms with E-state index in [1.807, 2.05) is 12.3 Å². The van der Waals surface area contributed by atoms with Crippen molar-refractivity contribution in [3.05, 3.63) is 53.2 Å². The third-order valence-electron chi connectivity index (χ3n) is 3.78. The van der Waals surface area contributed by atoms with Gasteiger partial charge in [-0.25, -0.2) is 4.98 Å². The number of pyridine rings is 1. The number of benzene rings is 1. The largest absolute Gasteiger partial charge is 0.340 e. The van der Waals surface area contributed by atoms with Gasteiger partial charge in [0.2, 0.25) is 0 Å². The minimum atomic E-state index is 0.739. The molecular weight excluding hydrogens is 246 g/mol. The Balaban J connectivity index is 1.62. The fourth-order valence-corrected chi connectivity index (χ4v) is 2.12. The van der Waals surface area contributed by atoms with E-state index in [1.165, 1.54) is 29.5 Å². The zero-order valence-electron chi connectivity index (χ0n) is 12.1. The Morgan fingerprint density at radius 3 is 2.60 bits per heavy atom. The molecule has 0 saturated heterocycles. The maximum atomic E-state index is 4.47. The van der Waals surface area contributed by atoms with Crippen molar-refractivity contribution in [1.82, 2.24) is 10.3 Å². The molecule has 0 radical (unpaired) electrons. The van der Waals surface area contributed by atoms with Crippen LogP contribution in [0.3, 0.4) is 0 Å². The molecule has 1 heterocycles. The van der Waals surface area contributed by atoms with E-state index in [2.05, 4.69) is 53.7 Å². The molecule has 1 aromatic heterocycles. The van der Waals surface area contributed by atoms with Gasteiger partial charge in [0.05, 0.1) is 0 Å². The molecule has 1 fully saturated rings. The van der Waals surface area contributed by atoms with E-state index >= 15 is 0 Å². The van der Waals surface area contributed by atoms with Crippen LogP contribution in [0.15, 0.2) is 36.5 Å². The second kappa shape index (κ2) is 5.63. The van der Waals surface area contributed by atoms with E-state index in [4.69, 9.17) is 0 Å².